The first-order valence-corrected chi connectivity index (χ1v) is 8.81. The summed E-state index contributed by atoms with van der Waals surface area (Å²) >= 11 is 0. The van der Waals surface area contributed by atoms with E-state index in [0.29, 0.717) is 0 Å². The van der Waals surface area contributed by atoms with E-state index in [0.717, 1.165) is 32.7 Å². The van der Waals surface area contributed by atoms with Crippen molar-refractivity contribution in [1.82, 2.24) is 14.7 Å². The van der Waals surface area contributed by atoms with Crippen molar-refractivity contribution in [2.75, 3.05) is 52.5 Å². The summed E-state index contributed by atoms with van der Waals surface area (Å²) in [5.41, 5.74) is 1.30. The Morgan fingerprint density at radius 3 is 2.27 bits per heavy atom. The predicted octanol–water partition coefficient (Wildman–Crippen LogP) is 0.0249. The minimum atomic E-state index is -0.456. The number of carbonyl (C=O) groups is 1. The lowest BCUT2D eigenvalue weighted by molar-refractivity contribution is -0.127. The topological polar surface area (TPSA) is 91.0 Å². The highest BCUT2D eigenvalue weighted by Gasteiger charge is 2.20. The van der Waals surface area contributed by atoms with E-state index in [1.807, 2.05) is 29.2 Å². The Balaban J connectivity index is 1.92. The van der Waals surface area contributed by atoms with Gasteiger partial charge < -0.3 is 20.0 Å². The minimum absolute atomic E-state index is 0.0309. The van der Waals surface area contributed by atoms with Gasteiger partial charge in [0.05, 0.1) is 13.2 Å². The molecule has 0 radical (unpaired) electrons. The van der Waals surface area contributed by atoms with Crippen molar-refractivity contribution in [3.8, 4) is 6.07 Å². The van der Waals surface area contributed by atoms with Crippen molar-refractivity contribution in [3.05, 3.63) is 47.7 Å². The van der Waals surface area contributed by atoms with Gasteiger partial charge in [0.1, 0.15) is 11.6 Å². The fourth-order valence-electron chi connectivity index (χ4n) is 2.93. The molecular weight excluding hydrogens is 332 g/mol. The molecule has 1 aliphatic rings. The monoisotopic (exact) mass is 358 g/mol. The maximum absolute atomic E-state index is 12.4. The highest BCUT2D eigenvalue weighted by atomic mass is 16.3. The molecular formula is C19H26N4O3. The van der Waals surface area contributed by atoms with Gasteiger partial charge in [-0.3, -0.25) is 9.69 Å². The molecule has 1 aliphatic heterocycles. The number of aliphatic hydroxyl groups excluding tert-OH is 2. The lowest BCUT2D eigenvalue weighted by Gasteiger charge is -2.34. The van der Waals surface area contributed by atoms with Crippen LogP contribution in [0.5, 0.6) is 0 Å². The Hall–Kier alpha value is -2.40. The van der Waals surface area contributed by atoms with Gasteiger partial charge in [-0.15, -0.1) is 0 Å². The second kappa shape index (κ2) is 10.6. The Kier molecular flexibility index (Phi) is 8.09. The summed E-state index contributed by atoms with van der Waals surface area (Å²) < 4.78 is 0. The Bertz CT molecular complexity index is 628. The summed E-state index contributed by atoms with van der Waals surface area (Å²) in [5.74, 6) is -0.456. The third-order valence-electron chi connectivity index (χ3n) is 4.35. The number of carbonyl (C=O) groups excluding carboxylic acids is 1. The third-order valence-corrected chi connectivity index (χ3v) is 4.35. The van der Waals surface area contributed by atoms with Crippen LogP contribution in [0.2, 0.25) is 0 Å². The van der Waals surface area contributed by atoms with Crippen LogP contribution in [-0.4, -0.2) is 83.3 Å². The number of benzene rings is 1. The fourth-order valence-corrected chi connectivity index (χ4v) is 2.93. The molecule has 0 bridgehead atoms. The summed E-state index contributed by atoms with van der Waals surface area (Å²) in [4.78, 5) is 18.0. The zero-order valence-corrected chi connectivity index (χ0v) is 14.9. The molecule has 0 aliphatic carbocycles. The molecule has 0 unspecified atom stereocenters. The largest absolute Gasteiger partial charge is 0.395 e. The van der Waals surface area contributed by atoms with Crippen LogP contribution in [0.1, 0.15) is 5.56 Å². The highest BCUT2D eigenvalue weighted by Crippen LogP contribution is 2.10. The van der Waals surface area contributed by atoms with E-state index in [2.05, 4.69) is 17.0 Å². The highest BCUT2D eigenvalue weighted by molar-refractivity contribution is 5.97. The van der Waals surface area contributed by atoms with Crippen LogP contribution in [0, 0.1) is 11.3 Å². The number of nitrogens with zero attached hydrogens (tertiary/aromatic N) is 4. The summed E-state index contributed by atoms with van der Waals surface area (Å²) in [6.45, 7) is 3.88. The van der Waals surface area contributed by atoms with Crippen LogP contribution in [0.3, 0.4) is 0 Å². The number of piperazine rings is 1. The molecule has 7 nitrogen and oxygen atoms in total. The molecule has 0 spiro atoms. The number of nitriles is 1. The predicted molar refractivity (Wildman–Crippen MR) is 97.7 cm³/mol. The van der Waals surface area contributed by atoms with E-state index >= 15 is 0 Å². The number of rotatable bonds is 8. The van der Waals surface area contributed by atoms with E-state index in [9.17, 15) is 10.1 Å². The number of amides is 1. The molecule has 140 valence electrons. The van der Waals surface area contributed by atoms with Crippen LogP contribution in [0.4, 0.5) is 0 Å². The molecule has 1 amide bonds. The average molecular weight is 358 g/mol. The van der Waals surface area contributed by atoms with Crippen LogP contribution in [-0.2, 0) is 11.3 Å². The summed E-state index contributed by atoms with van der Waals surface area (Å²) in [5, 5.41) is 27.4. The van der Waals surface area contributed by atoms with E-state index in [1.165, 1.54) is 10.5 Å². The molecule has 1 fully saturated rings. The maximum atomic E-state index is 12.4. The molecule has 2 rings (SSSR count). The second-order valence-electron chi connectivity index (χ2n) is 6.19. The van der Waals surface area contributed by atoms with Gasteiger partial charge >= 0.3 is 0 Å². The lowest BCUT2D eigenvalue weighted by atomic mass is 10.2. The van der Waals surface area contributed by atoms with Crippen molar-refractivity contribution >= 4 is 5.91 Å². The van der Waals surface area contributed by atoms with Gasteiger partial charge in [-0.05, 0) is 5.56 Å². The minimum Gasteiger partial charge on any atom is -0.395 e. The molecule has 1 heterocycles. The average Bonchev–Trinajstić information content (AvgIpc) is 2.67. The zero-order chi connectivity index (χ0) is 18.8. The van der Waals surface area contributed by atoms with Crippen molar-refractivity contribution in [2.45, 2.75) is 6.54 Å². The van der Waals surface area contributed by atoms with Gasteiger partial charge in [0.25, 0.3) is 5.91 Å². The van der Waals surface area contributed by atoms with Crippen LogP contribution in [0.15, 0.2) is 42.1 Å². The summed E-state index contributed by atoms with van der Waals surface area (Å²) in [6, 6.07) is 12.2. The molecule has 1 aromatic rings. The molecule has 0 aromatic heterocycles. The molecule has 0 saturated carbocycles. The maximum Gasteiger partial charge on any atom is 0.266 e. The van der Waals surface area contributed by atoms with Crippen molar-refractivity contribution in [2.24, 2.45) is 0 Å². The third kappa shape index (κ3) is 5.85. The van der Waals surface area contributed by atoms with Crippen LogP contribution >= 0.6 is 0 Å². The summed E-state index contributed by atoms with van der Waals surface area (Å²) in [7, 11) is 0. The van der Waals surface area contributed by atoms with Crippen LogP contribution < -0.4 is 0 Å². The van der Waals surface area contributed by atoms with Gasteiger partial charge in [-0.1, -0.05) is 30.3 Å². The normalized spacial score (nSPS) is 15.6. The van der Waals surface area contributed by atoms with Gasteiger partial charge in [-0.2, -0.15) is 5.26 Å². The fraction of sp³-hybridized carbons (Fsp3) is 0.474. The van der Waals surface area contributed by atoms with E-state index in [-0.39, 0.29) is 31.9 Å². The van der Waals surface area contributed by atoms with Gasteiger partial charge in [0.15, 0.2) is 0 Å². The standard InChI is InChI=1S/C19H26N4O3/c20-14-18(19(26)23(10-12-24)11-13-25)16-22-8-6-21(7-9-22)15-17-4-2-1-3-5-17/h1-5,16,24-25H,6-13,15H2/b18-16-. The molecule has 2 N–H and O–H groups in total. The van der Waals surface area contributed by atoms with E-state index in [1.54, 1.807) is 6.20 Å². The number of hydrogen-bond acceptors (Lipinski definition) is 6. The van der Waals surface area contributed by atoms with Gasteiger partial charge in [0, 0.05) is 52.0 Å². The molecule has 1 saturated heterocycles. The van der Waals surface area contributed by atoms with E-state index in [4.69, 9.17) is 10.2 Å². The molecule has 7 heteroatoms. The molecule has 0 atom stereocenters. The second-order valence-corrected chi connectivity index (χ2v) is 6.19. The first kappa shape index (κ1) is 19.9. The van der Waals surface area contributed by atoms with Crippen molar-refractivity contribution in [3.63, 3.8) is 0 Å². The van der Waals surface area contributed by atoms with Crippen molar-refractivity contribution in [1.29, 1.82) is 5.26 Å². The lowest BCUT2D eigenvalue weighted by Crippen LogP contribution is -2.44. The first-order chi connectivity index (χ1) is 12.7. The number of hydrogen-bond donors (Lipinski definition) is 2. The zero-order valence-electron chi connectivity index (χ0n) is 14.9. The van der Waals surface area contributed by atoms with Gasteiger partial charge in [-0.25, -0.2) is 0 Å². The van der Waals surface area contributed by atoms with Gasteiger partial charge in [0.2, 0.25) is 0 Å². The molecule has 26 heavy (non-hydrogen) atoms. The van der Waals surface area contributed by atoms with E-state index < -0.39 is 5.91 Å². The van der Waals surface area contributed by atoms with Crippen molar-refractivity contribution < 1.29 is 15.0 Å². The summed E-state index contributed by atoms with van der Waals surface area (Å²) in [6.07, 6.45) is 1.60. The first-order valence-electron chi connectivity index (χ1n) is 8.81. The molecule has 1 aromatic carbocycles. The SMILES string of the molecule is N#C/C(=C/N1CCN(Cc2ccccc2)CC1)C(=O)N(CCO)CCO. The number of aliphatic hydroxyl groups is 2. The van der Waals surface area contributed by atoms with Crippen LogP contribution in [0.25, 0.3) is 0 Å². The Labute approximate surface area is 154 Å². The smallest absolute Gasteiger partial charge is 0.266 e. The quantitative estimate of drug-likeness (QED) is 0.503. The Morgan fingerprint density at radius 2 is 1.73 bits per heavy atom. The Morgan fingerprint density at radius 1 is 1.12 bits per heavy atom.